The summed E-state index contributed by atoms with van der Waals surface area (Å²) in [4.78, 5) is 38.5. The lowest BCUT2D eigenvalue weighted by molar-refractivity contribution is -0.384. The van der Waals surface area contributed by atoms with Crippen LogP contribution in [0.25, 0.3) is 0 Å². The molecule has 1 atom stereocenters. The Morgan fingerprint density at radius 1 is 1.13 bits per heavy atom. The summed E-state index contributed by atoms with van der Waals surface area (Å²) in [6, 6.07) is 10.0. The fourth-order valence-electron chi connectivity index (χ4n) is 4.22. The van der Waals surface area contributed by atoms with Crippen molar-refractivity contribution in [1.82, 2.24) is 0 Å². The number of nitrogens with zero attached hydrogens (tertiary/aromatic N) is 2. The lowest BCUT2D eigenvalue weighted by Crippen LogP contribution is -2.40. The summed E-state index contributed by atoms with van der Waals surface area (Å²) in [5.41, 5.74) is 1.50. The fourth-order valence-corrected chi connectivity index (χ4v) is 4.22. The minimum Gasteiger partial charge on any atom is -0.496 e. The number of anilines is 1. The molecule has 7 nitrogen and oxygen atoms in total. The zero-order valence-electron chi connectivity index (χ0n) is 16.3. The van der Waals surface area contributed by atoms with Gasteiger partial charge in [0.05, 0.1) is 18.1 Å². The third-order valence-corrected chi connectivity index (χ3v) is 5.57. The highest BCUT2D eigenvalue weighted by atomic mass is 19.1. The minimum absolute atomic E-state index is 0.0284. The van der Waals surface area contributed by atoms with Gasteiger partial charge in [0.2, 0.25) is 5.91 Å². The second-order valence-electron chi connectivity index (χ2n) is 7.29. The summed E-state index contributed by atoms with van der Waals surface area (Å²) < 4.78 is 18.5. The van der Waals surface area contributed by atoms with E-state index in [9.17, 15) is 24.1 Å². The van der Waals surface area contributed by atoms with Crippen LogP contribution < -0.4 is 9.64 Å². The van der Waals surface area contributed by atoms with Crippen LogP contribution in [0.4, 0.5) is 15.8 Å². The van der Waals surface area contributed by atoms with Crippen molar-refractivity contribution in [3.63, 3.8) is 0 Å². The average molecular weight is 410 g/mol. The molecule has 0 bridgehead atoms. The van der Waals surface area contributed by atoms with E-state index in [1.54, 1.807) is 18.2 Å². The van der Waals surface area contributed by atoms with Gasteiger partial charge in [-0.15, -0.1) is 0 Å². The van der Waals surface area contributed by atoms with Crippen molar-refractivity contribution >= 4 is 23.1 Å². The van der Waals surface area contributed by atoms with Crippen LogP contribution in [0.15, 0.2) is 53.7 Å². The van der Waals surface area contributed by atoms with Crippen molar-refractivity contribution in [3.8, 4) is 5.75 Å². The number of ether oxygens (including phenoxy) is 1. The van der Waals surface area contributed by atoms with Crippen LogP contribution >= 0.6 is 0 Å². The Balaban J connectivity index is 1.89. The molecule has 4 rings (SSSR count). The van der Waals surface area contributed by atoms with E-state index in [0.717, 1.165) is 0 Å². The van der Waals surface area contributed by atoms with Crippen molar-refractivity contribution in [2.75, 3.05) is 12.0 Å². The van der Waals surface area contributed by atoms with Crippen molar-refractivity contribution in [2.24, 2.45) is 0 Å². The number of methoxy groups -OCH3 is 1. The van der Waals surface area contributed by atoms with E-state index >= 15 is 0 Å². The van der Waals surface area contributed by atoms with Gasteiger partial charge in [-0.05, 0) is 42.7 Å². The molecule has 0 saturated heterocycles. The van der Waals surface area contributed by atoms with Crippen LogP contribution in [0.5, 0.6) is 5.75 Å². The van der Waals surface area contributed by atoms with Gasteiger partial charge in [0, 0.05) is 30.0 Å². The molecular weight excluding hydrogens is 391 g/mol. The Kier molecular flexibility index (Phi) is 5.07. The van der Waals surface area contributed by atoms with Crippen LogP contribution in [-0.4, -0.2) is 23.7 Å². The molecule has 0 spiro atoms. The van der Waals surface area contributed by atoms with Gasteiger partial charge in [0.15, 0.2) is 5.78 Å². The van der Waals surface area contributed by atoms with Crippen molar-refractivity contribution in [3.05, 3.63) is 75.2 Å². The standard InChI is InChI=1S/C22H19FN2O5/c1-30-15-9-10-17(19(11-15)25(28)29)24-18-3-2-4-20(26)22(18)16(12-21(24)27)13-5-7-14(23)8-6-13/h5-11,16H,2-4,12H2,1H3. The smallest absolute Gasteiger partial charge is 0.297 e. The molecule has 1 amide bonds. The molecule has 154 valence electrons. The van der Waals surface area contributed by atoms with Gasteiger partial charge >= 0.3 is 0 Å². The van der Waals surface area contributed by atoms with E-state index in [1.165, 1.54) is 36.3 Å². The molecule has 8 heteroatoms. The van der Waals surface area contributed by atoms with E-state index in [1.807, 2.05) is 0 Å². The molecular formula is C22H19FN2O5. The van der Waals surface area contributed by atoms with Gasteiger partial charge in [-0.2, -0.15) is 0 Å². The molecule has 0 N–H and O–H groups in total. The van der Waals surface area contributed by atoms with Crippen LogP contribution in [0, 0.1) is 15.9 Å². The van der Waals surface area contributed by atoms with E-state index < -0.39 is 16.7 Å². The largest absolute Gasteiger partial charge is 0.496 e. The highest BCUT2D eigenvalue weighted by molar-refractivity contribution is 6.08. The highest BCUT2D eigenvalue weighted by Crippen LogP contribution is 2.45. The summed E-state index contributed by atoms with van der Waals surface area (Å²) >= 11 is 0. The number of hydrogen-bond acceptors (Lipinski definition) is 5. The first kappa shape index (κ1) is 19.8. The molecule has 1 aliphatic heterocycles. The normalized spacial score (nSPS) is 19.0. The predicted molar refractivity (Wildman–Crippen MR) is 107 cm³/mol. The predicted octanol–water partition coefficient (Wildman–Crippen LogP) is 4.27. The SMILES string of the molecule is COc1ccc(N2C(=O)CC(c3ccc(F)cc3)C3=C2CCCC3=O)c([N+](=O)[O-])c1. The van der Waals surface area contributed by atoms with Crippen LogP contribution in [0.3, 0.4) is 0 Å². The first-order chi connectivity index (χ1) is 14.4. The van der Waals surface area contributed by atoms with E-state index in [4.69, 9.17) is 4.74 Å². The van der Waals surface area contributed by atoms with Gasteiger partial charge < -0.3 is 4.74 Å². The Labute approximate surface area is 171 Å². The lowest BCUT2D eigenvalue weighted by Gasteiger charge is -2.38. The molecule has 2 aromatic carbocycles. The van der Waals surface area contributed by atoms with Crippen LogP contribution in [0.2, 0.25) is 0 Å². The van der Waals surface area contributed by atoms with E-state index in [0.29, 0.717) is 41.8 Å². The first-order valence-electron chi connectivity index (χ1n) is 9.57. The quantitative estimate of drug-likeness (QED) is 0.555. The summed E-state index contributed by atoms with van der Waals surface area (Å²) in [7, 11) is 1.40. The number of nitro groups is 1. The first-order valence-corrected chi connectivity index (χ1v) is 9.57. The maximum Gasteiger partial charge on any atom is 0.297 e. The summed E-state index contributed by atoms with van der Waals surface area (Å²) in [5.74, 6) is -1.02. The zero-order valence-corrected chi connectivity index (χ0v) is 16.3. The van der Waals surface area contributed by atoms with Gasteiger partial charge in [-0.3, -0.25) is 24.6 Å². The third-order valence-electron chi connectivity index (χ3n) is 5.57. The van der Waals surface area contributed by atoms with Gasteiger partial charge in [0.25, 0.3) is 5.69 Å². The Morgan fingerprint density at radius 2 is 1.87 bits per heavy atom. The number of amides is 1. The van der Waals surface area contributed by atoms with Gasteiger partial charge in [-0.25, -0.2) is 4.39 Å². The molecule has 2 aliphatic rings. The van der Waals surface area contributed by atoms with Crippen molar-refractivity contribution < 1.29 is 23.6 Å². The zero-order chi connectivity index (χ0) is 21.4. The van der Waals surface area contributed by atoms with Crippen molar-refractivity contribution in [1.29, 1.82) is 0 Å². The summed E-state index contributed by atoms with van der Waals surface area (Å²) in [6.45, 7) is 0. The second-order valence-corrected chi connectivity index (χ2v) is 7.29. The number of carbonyl (C=O) groups excluding carboxylic acids is 2. The minimum atomic E-state index is -0.567. The number of halogens is 1. The molecule has 2 aromatic rings. The van der Waals surface area contributed by atoms with Crippen LogP contribution in [-0.2, 0) is 9.59 Å². The number of ketones is 1. The fraction of sp³-hybridized carbons (Fsp3) is 0.273. The number of Topliss-reactive ketones (excluding diaryl/α,β-unsaturated/α-hetero) is 1. The summed E-state index contributed by atoms with van der Waals surface area (Å²) in [5, 5.41) is 11.7. The molecule has 1 heterocycles. The Morgan fingerprint density at radius 3 is 2.53 bits per heavy atom. The Bertz CT molecular complexity index is 1080. The molecule has 0 fully saturated rings. The number of hydrogen-bond donors (Lipinski definition) is 0. The maximum atomic E-state index is 13.4. The van der Waals surface area contributed by atoms with Gasteiger partial charge in [-0.1, -0.05) is 12.1 Å². The number of allylic oxidation sites excluding steroid dienone is 2. The van der Waals surface area contributed by atoms with E-state index in [-0.39, 0.29) is 29.5 Å². The molecule has 0 aromatic heterocycles. The maximum absolute atomic E-state index is 13.4. The number of rotatable bonds is 4. The van der Waals surface area contributed by atoms with Crippen LogP contribution in [0.1, 0.15) is 37.2 Å². The summed E-state index contributed by atoms with van der Waals surface area (Å²) in [6.07, 6.45) is 1.33. The molecule has 1 aliphatic carbocycles. The molecule has 1 unspecified atom stereocenters. The van der Waals surface area contributed by atoms with Gasteiger partial charge in [0.1, 0.15) is 17.3 Å². The third kappa shape index (κ3) is 3.34. The Hall–Kier alpha value is -3.55. The number of nitro benzene ring substituents is 1. The second kappa shape index (κ2) is 7.70. The highest BCUT2D eigenvalue weighted by Gasteiger charge is 2.41. The number of carbonyl (C=O) groups is 2. The average Bonchev–Trinajstić information content (AvgIpc) is 2.73. The monoisotopic (exact) mass is 410 g/mol. The molecule has 30 heavy (non-hydrogen) atoms. The number of benzene rings is 2. The van der Waals surface area contributed by atoms with Crippen molar-refractivity contribution in [2.45, 2.75) is 31.6 Å². The topological polar surface area (TPSA) is 89.8 Å². The molecule has 0 saturated carbocycles. The molecule has 0 radical (unpaired) electrons. The van der Waals surface area contributed by atoms with E-state index in [2.05, 4.69) is 0 Å². The lowest BCUT2D eigenvalue weighted by atomic mass is 9.77.